The summed E-state index contributed by atoms with van der Waals surface area (Å²) in [6.45, 7) is 4.97. The lowest BCUT2D eigenvalue weighted by Gasteiger charge is -2.20. The Morgan fingerprint density at radius 1 is 1.25 bits per heavy atom. The highest BCUT2D eigenvalue weighted by molar-refractivity contribution is 5.80. The Hall–Kier alpha value is -2.41. The molecule has 1 aromatic carbocycles. The highest BCUT2D eigenvalue weighted by Gasteiger charge is 2.44. The van der Waals surface area contributed by atoms with Gasteiger partial charge in [-0.3, -0.25) is 0 Å². The topological polar surface area (TPSA) is 76.4 Å². The van der Waals surface area contributed by atoms with E-state index >= 15 is 0 Å². The first-order chi connectivity index (χ1) is 13.7. The number of aliphatic imine (C=N–C) groups is 1. The Bertz CT molecular complexity index is 806. The van der Waals surface area contributed by atoms with Crippen molar-refractivity contribution in [3.63, 3.8) is 0 Å². The number of hydrogen-bond acceptors (Lipinski definition) is 4. The molecule has 0 amide bonds. The van der Waals surface area contributed by atoms with Crippen LogP contribution < -0.4 is 10.6 Å². The average molecular weight is 383 g/mol. The molecule has 2 fully saturated rings. The maximum atomic E-state index is 5.74. The molecule has 2 heterocycles. The Morgan fingerprint density at radius 3 is 2.71 bits per heavy atom. The zero-order valence-electron chi connectivity index (χ0n) is 16.8. The summed E-state index contributed by atoms with van der Waals surface area (Å²) in [5.41, 5.74) is 1.64. The van der Waals surface area contributed by atoms with Crippen molar-refractivity contribution in [2.75, 3.05) is 19.7 Å². The standard InChI is InChI=1S/C21H30N6O/c1-16-25-26-19(27(16)2)14-23-20(22-13-18-9-6-12-28-18)24-15-21(10-11-21)17-7-4-3-5-8-17/h3-5,7-8,18H,6,9-15H2,1-2H3,(H2,22,23,24). The second-order valence-corrected chi connectivity index (χ2v) is 7.90. The van der Waals surface area contributed by atoms with E-state index in [9.17, 15) is 0 Å². The molecule has 7 heteroatoms. The Labute approximate surface area is 166 Å². The van der Waals surface area contributed by atoms with Gasteiger partial charge in [0.1, 0.15) is 12.4 Å². The normalized spacial score (nSPS) is 20.9. The highest BCUT2D eigenvalue weighted by atomic mass is 16.5. The van der Waals surface area contributed by atoms with Crippen LogP contribution in [0.3, 0.4) is 0 Å². The molecule has 1 unspecified atom stereocenters. The van der Waals surface area contributed by atoms with Gasteiger partial charge in [0.05, 0.1) is 6.10 Å². The molecule has 1 aromatic heterocycles. The lowest BCUT2D eigenvalue weighted by atomic mass is 9.96. The van der Waals surface area contributed by atoms with Crippen molar-refractivity contribution in [3.8, 4) is 0 Å². The molecule has 150 valence electrons. The molecule has 2 N–H and O–H groups in total. The van der Waals surface area contributed by atoms with E-state index in [-0.39, 0.29) is 11.5 Å². The van der Waals surface area contributed by atoms with Gasteiger partial charge in [-0.25, -0.2) is 4.99 Å². The van der Waals surface area contributed by atoms with Crippen molar-refractivity contribution >= 4 is 5.96 Å². The molecular formula is C21H30N6O. The molecule has 1 atom stereocenters. The van der Waals surface area contributed by atoms with E-state index in [1.807, 2.05) is 18.5 Å². The molecule has 1 aliphatic heterocycles. The number of hydrogen-bond donors (Lipinski definition) is 2. The van der Waals surface area contributed by atoms with Crippen LogP contribution in [0.1, 0.15) is 42.9 Å². The zero-order valence-corrected chi connectivity index (χ0v) is 16.8. The van der Waals surface area contributed by atoms with Crippen molar-refractivity contribution in [3.05, 3.63) is 47.5 Å². The summed E-state index contributed by atoms with van der Waals surface area (Å²) in [4.78, 5) is 4.77. The van der Waals surface area contributed by atoms with Crippen molar-refractivity contribution in [2.24, 2.45) is 12.0 Å². The molecule has 0 bridgehead atoms. The van der Waals surface area contributed by atoms with Crippen molar-refractivity contribution in [1.82, 2.24) is 25.4 Å². The minimum absolute atomic E-state index is 0.231. The zero-order chi connectivity index (χ0) is 19.4. The summed E-state index contributed by atoms with van der Waals surface area (Å²) in [6.07, 6.45) is 4.95. The third-order valence-electron chi connectivity index (χ3n) is 5.92. The maximum Gasteiger partial charge on any atom is 0.191 e. The van der Waals surface area contributed by atoms with E-state index in [4.69, 9.17) is 9.73 Å². The van der Waals surface area contributed by atoms with Gasteiger partial charge in [0.25, 0.3) is 0 Å². The summed E-state index contributed by atoms with van der Waals surface area (Å²) in [7, 11) is 1.97. The average Bonchev–Trinajstić information content (AvgIpc) is 3.21. The van der Waals surface area contributed by atoms with Gasteiger partial charge in [0.15, 0.2) is 11.8 Å². The smallest absolute Gasteiger partial charge is 0.191 e. The van der Waals surface area contributed by atoms with Crippen LogP contribution in [0.5, 0.6) is 0 Å². The molecular weight excluding hydrogens is 352 g/mol. The van der Waals surface area contributed by atoms with Gasteiger partial charge in [0.2, 0.25) is 0 Å². The number of guanidine groups is 1. The number of ether oxygens (including phenoxy) is 1. The van der Waals surface area contributed by atoms with Crippen LogP contribution in [-0.4, -0.2) is 46.5 Å². The van der Waals surface area contributed by atoms with E-state index < -0.39 is 0 Å². The Balaban J connectivity index is 1.41. The van der Waals surface area contributed by atoms with Crippen LogP contribution in [0, 0.1) is 6.92 Å². The largest absolute Gasteiger partial charge is 0.376 e. The van der Waals surface area contributed by atoms with Crippen LogP contribution in [0.4, 0.5) is 0 Å². The Kier molecular flexibility index (Phi) is 5.62. The fraction of sp³-hybridized carbons (Fsp3) is 0.571. The number of aryl methyl sites for hydroxylation is 1. The summed E-state index contributed by atoms with van der Waals surface area (Å²) in [6, 6.07) is 10.8. The number of rotatable bonds is 7. The lowest BCUT2D eigenvalue weighted by molar-refractivity contribution is 0.113. The minimum atomic E-state index is 0.231. The van der Waals surface area contributed by atoms with Gasteiger partial charge in [-0.15, -0.1) is 10.2 Å². The molecule has 1 saturated heterocycles. The number of nitrogens with zero attached hydrogens (tertiary/aromatic N) is 4. The second kappa shape index (κ2) is 8.31. The first kappa shape index (κ1) is 18.9. The van der Waals surface area contributed by atoms with Gasteiger partial charge in [-0.05, 0) is 38.2 Å². The van der Waals surface area contributed by atoms with Gasteiger partial charge >= 0.3 is 0 Å². The van der Waals surface area contributed by atoms with Crippen LogP contribution in [0.25, 0.3) is 0 Å². The molecule has 1 aliphatic carbocycles. The monoisotopic (exact) mass is 382 g/mol. The summed E-state index contributed by atoms with van der Waals surface area (Å²) >= 11 is 0. The van der Waals surface area contributed by atoms with E-state index in [0.29, 0.717) is 6.54 Å². The van der Waals surface area contributed by atoms with Gasteiger partial charge < -0.3 is 19.9 Å². The number of aromatic nitrogens is 3. The molecule has 0 radical (unpaired) electrons. The van der Waals surface area contributed by atoms with E-state index in [2.05, 4.69) is 51.2 Å². The van der Waals surface area contributed by atoms with Crippen LogP contribution >= 0.6 is 0 Å². The number of benzene rings is 1. The highest BCUT2D eigenvalue weighted by Crippen LogP contribution is 2.47. The van der Waals surface area contributed by atoms with Gasteiger partial charge in [-0.2, -0.15) is 0 Å². The van der Waals surface area contributed by atoms with Gasteiger partial charge in [-0.1, -0.05) is 30.3 Å². The molecule has 2 aliphatic rings. The van der Waals surface area contributed by atoms with E-state index in [1.165, 1.54) is 18.4 Å². The summed E-state index contributed by atoms with van der Waals surface area (Å²) in [5.74, 6) is 2.58. The first-order valence-corrected chi connectivity index (χ1v) is 10.2. The molecule has 0 spiro atoms. The molecule has 1 saturated carbocycles. The summed E-state index contributed by atoms with van der Waals surface area (Å²) in [5, 5.41) is 15.4. The van der Waals surface area contributed by atoms with Crippen LogP contribution in [0.2, 0.25) is 0 Å². The quantitative estimate of drug-likeness (QED) is 0.566. The lowest BCUT2D eigenvalue weighted by Crippen LogP contribution is -2.44. The first-order valence-electron chi connectivity index (χ1n) is 10.2. The fourth-order valence-electron chi connectivity index (χ4n) is 3.69. The SMILES string of the molecule is Cc1nnc(CN=C(NCC2CCCO2)NCC2(c3ccccc3)CC2)n1C. The molecule has 2 aromatic rings. The Morgan fingerprint density at radius 2 is 2.07 bits per heavy atom. The third-order valence-corrected chi connectivity index (χ3v) is 5.92. The summed E-state index contributed by atoms with van der Waals surface area (Å²) < 4.78 is 7.72. The van der Waals surface area contributed by atoms with Crippen LogP contribution in [-0.2, 0) is 23.7 Å². The van der Waals surface area contributed by atoms with E-state index in [0.717, 1.165) is 50.1 Å². The van der Waals surface area contributed by atoms with Crippen molar-refractivity contribution in [2.45, 2.75) is 50.7 Å². The predicted molar refractivity (Wildman–Crippen MR) is 109 cm³/mol. The second-order valence-electron chi connectivity index (χ2n) is 7.90. The molecule has 4 rings (SSSR count). The van der Waals surface area contributed by atoms with E-state index in [1.54, 1.807) is 0 Å². The number of nitrogens with one attached hydrogen (secondary N) is 2. The molecule has 28 heavy (non-hydrogen) atoms. The minimum Gasteiger partial charge on any atom is -0.376 e. The van der Waals surface area contributed by atoms with Crippen LogP contribution in [0.15, 0.2) is 35.3 Å². The third kappa shape index (κ3) is 4.35. The van der Waals surface area contributed by atoms with Crippen molar-refractivity contribution in [1.29, 1.82) is 0 Å². The van der Waals surface area contributed by atoms with Gasteiger partial charge in [0, 0.05) is 32.2 Å². The fourth-order valence-corrected chi connectivity index (χ4v) is 3.69. The predicted octanol–water partition coefficient (Wildman–Crippen LogP) is 2.07. The maximum absolute atomic E-state index is 5.74. The van der Waals surface area contributed by atoms with Crippen molar-refractivity contribution < 1.29 is 4.74 Å². The molecule has 7 nitrogen and oxygen atoms in total.